The third-order valence-electron chi connectivity index (χ3n) is 3.06. The molecule has 88 valence electrons. The predicted octanol–water partition coefficient (Wildman–Crippen LogP) is 0.720. The fourth-order valence-electron chi connectivity index (χ4n) is 2.17. The van der Waals surface area contributed by atoms with E-state index in [-0.39, 0.29) is 18.3 Å². The van der Waals surface area contributed by atoms with E-state index in [4.69, 9.17) is 14.2 Å². The summed E-state index contributed by atoms with van der Waals surface area (Å²) in [6, 6.07) is 0. The van der Waals surface area contributed by atoms with E-state index < -0.39 is 6.10 Å². The molecule has 0 saturated carbocycles. The van der Waals surface area contributed by atoms with Gasteiger partial charge in [0.05, 0.1) is 13.2 Å². The Kier molecular flexibility index (Phi) is 3.97. The van der Waals surface area contributed by atoms with Gasteiger partial charge in [0.2, 0.25) is 0 Å². The quantitative estimate of drug-likeness (QED) is 0.688. The molecule has 0 aliphatic carbocycles. The highest BCUT2D eigenvalue weighted by Gasteiger charge is 2.47. The average molecular weight is 216 g/mol. The SMILES string of the molecule is CCCCCO[C@H]1COC2C1OC[C@H]2O. The number of ether oxygens (including phenoxy) is 3. The first-order chi connectivity index (χ1) is 7.33. The standard InChI is InChI=1S/C11H20O4/c1-2-3-4-5-13-9-7-15-10-8(12)6-14-11(9)10/h8-12H,2-7H2,1H3/t8-,9+,10?,11?/m1/s1. The van der Waals surface area contributed by atoms with Gasteiger partial charge in [-0.2, -0.15) is 0 Å². The van der Waals surface area contributed by atoms with E-state index >= 15 is 0 Å². The lowest BCUT2D eigenvalue weighted by Gasteiger charge is -2.16. The van der Waals surface area contributed by atoms with Gasteiger partial charge in [0.1, 0.15) is 24.4 Å². The Morgan fingerprint density at radius 3 is 2.80 bits per heavy atom. The van der Waals surface area contributed by atoms with Crippen LogP contribution < -0.4 is 0 Å². The predicted molar refractivity (Wildman–Crippen MR) is 54.8 cm³/mol. The van der Waals surface area contributed by atoms with E-state index in [0.717, 1.165) is 13.0 Å². The van der Waals surface area contributed by atoms with Crippen LogP contribution in [0.5, 0.6) is 0 Å². The third kappa shape index (κ3) is 2.50. The maximum absolute atomic E-state index is 9.52. The third-order valence-corrected chi connectivity index (χ3v) is 3.06. The highest BCUT2D eigenvalue weighted by Crippen LogP contribution is 2.28. The minimum atomic E-state index is -0.473. The van der Waals surface area contributed by atoms with Gasteiger partial charge in [-0.15, -0.1) is 0 Å². The summed E-state index contributed by atoms with van der Waals surface area (Å²) in [6.45, 7) is 3.87. The van der Waals surface area contributed by atoms with Crippen molar-refractivity contribution in [2.45, 2.75) is 50.6 Å². The number of hydrogen-bond donors (Lipinski definition) is 1. The lowest BCUT2D eigenvalue weighted by Crippen LogP contribution is -2.33. The summed E-state index contributed by atoms with van der Waals surface area (Å²) >= 11 is 0. The number of fused-ring (bicyclic) bond motifs is 1. The van der Waals surface area contributed by atoms with Gasteiger partial charge in [-0.3, -0.25) is 0 Å². The van der Waals surface area contributed by atoms with Crippen LogP contribution in [0.15, 0.2) is 0 Å². The van der Waals surface area contributed by atoms with E-state index in [9.17, 15) is 5.11 Å². The Hall–Kier alpha value is -0.160. The summed E-state index contributed by atoms with van der Waals surface area (Å²) in [5.74, 6) is 0. The summed E-state index contributed by atoms with van der Waals surface area (Å²) in [4.78, 5) is 0. The Morgan fingerprint density at radius 1 is 1.20 bits per heavy atom. The average Bonchev–Trinajstić information content (AvgIpc) is 2.78. The van der Waals surface area contributed by atoms with Crippen molar-refractivity contribution in [2.24, 2.45) is 0 Å². The molecule has 0 aromatic heterocycles. The molecule has 0 amide bonds. The zero-order valence-electron chi connectivity index (χ0n) is 9.22. The van der Waals surface area contributed by atoms with Crippen LogP contribution >= 0.6 is 0 Å². The number of hydrogen-bond acceptors (Lipinski definition) is 4. The molecule has 0 bridgehead atoms. The molecule has 2 unspecified atom stereocenters. The zero-order chi connectivity index (χ0) is 10.7. The molecule has 0 aromatic carbocycles. The van der Waals surface area contributed by atoms with Crippen molar-refractivity contribution in [1.29, 1.82) is 0 Å². The second-order valence-corrected chi connectivity index (χ2v) is 4.28. The number of aliphatic hydroxyl groups is 1. The van der Waals surface area contributed by atoms with Gasteiger partial charge < -0.3 is 19.3 Å². The summed E-state index contributed by atoms with van der Waals surface area (Å²) in [7, 11) is 0. The lowest BCUT2D eigenvalue weighted by atomic mass is 10.1. The number of rotatable bonds is 5. The molecule has 2 rings (SSSR count). The Balaban J connectivity index is 1.71. The van der Waals surface area contributed by atoms with Gasteiger partial charge in [-0.05, 0) is 6.42 Å². The van der Waals surface area contributed by atoms with Gasteiger partial charge in [0.25, 0.3) is 0 Å². The van der Waals surface area contributed by atoms with Gasteiger partial charge in [0.15, 0.2) is 0 Å². The Morgan fingerprint density at radius 2 is 2.00 bits per heavy atom. The van der Waals surface area contributed by atoms with Gasteiger partial charge in [0, 0.05) is 6.61 Å². The van der Waals surface area contributed by atoms with Crippen LogP contribution in [-0.4, -0.2) is 49.3 Å². The van der Waals surface area contributed by atoms with Crippen molar-refractivity contribution < 1.29 is 19.3 Å². The Labute approximate surface area is 90.5 Å². The molecule has 2 aliphatic heterocycles. The summed E-state index contributed by atoms with van der Waals surface area (Å²) in [5.41, 5.74) is 0. The second kappa shape index (κ2) is 5.25. The van der Waals surface area contributed by atoms with Crippen molar-refractivity contribution in [3.8, 4) is 0 Å². The Bertz CT molecular complexity index is 197. The van der Waals surface area contributed by atoms with Crippen LogP contribution in [0.1, 0.15) is 26.2 Å². The molecule has 0 aromatic rings. The minimum absolute atomic E-state index is 0.0176. The molecule has 4 nitrogen and oxygen atoms in total. The van der Waals surface area contributed by atoms with Crippen LogP contribution in [-0.2, 0) is 14.2 Å². The highest BCUT2D eigenvalue weighted by atomic mass is 16.6. The molecule has 2 aliphatic rings. The molecular formula is C11H20O4. The van der Waals surface area contributed by atoms with Crippen LogP contribution in [0, 0.1) is 0 Å². The summed E-state index contributed by atoms with van der Waals surface area (Å²) in [5, 5.41) is 9.52. The zero-order valence-corrected chi connectivity index (χ0v) is 9.22. The van der Waals surface area contributed by atoms with Crippen molar-refractivity contribution in [1.82, 2.24) is 0 Å². The molecule has 1 N–H and O–H groups in total. The molecular weight excluding hydrogens is 196 g/mol. The fraction of sp³-hybridized carbons (Fsp3) is 1.00. The topological polar surface area (TPSA) is 47.9 Å². The van der Waals surface area contributed by atoms with E-state index in [1.165, 1.54) is 12.8 Å². The van der Waals surface area contributed by atoms with Crippen LogP contribution in [0.4, 0.5) is 0 Å². The smallest absolute Gasteiger partial charge is 0.115 e. The van der Waals surface area contributed by atoms with Gasteiger partial charge >= 0.3 is 0 Å². The molecule has 2 saturated heterocycles. The van der Waals surface area contributed by atoms with E-state index in [0.29, 0.717) is 13.2 Å². The van der Waals surface area contributed by atoms with Gasteiger partial charge in [-0.25, -0.2) is 0 Å². The molecule has 0 spiro atoms. The normalized spacial score (nSPS) is 39.6. The monoisotopic (exact) mass is 216 g/mol. The van der Waals surface area contributed by atoms with E-state index in [1.807, 2.05) is 0 Å². The van der Waals surface area contributed by atoms with Crippen molar-refractivity contribution in [3.63, 3.8) is 0 Å². The molecule has 4 atom stereocenters. The van der Waals surface area contributed by atoms with Crippen molar-refractivity contribution in [2.75, 3.05) is 19.8 Å². The number of aliphatic hydroxyl groups excluding tert-OH is 1. The maximum Gasteiger partial charge on any atom is 0.115 e. The molecule has 15 heavy (non-hydrogen) atoms. The molecule has 4 heteroatoms. The molecule has 2 heterocycles. The largest absolute Gasteiger partial charge is 0.388 e. The first-order valence-electron chi connectivity index (χ1n) is 5.85. The van der Waals surface area contributed by atoms with Crippen LogP contribution in [0.25, 0.3) is 0 Å². The summed E-state index contributed by atoms with van der Waals surface area (Å²) < 4.78 is 16.6. The highest BCUT2D eigenvalue weighted by molar-refractivity contribution is 4.94. The van der Waals surface area contributed by atoms with Crippen molar-refractivity contribution in [3.05, 3.63) is 0 Å². The van der Waals surface area contributed by atoms with Crippen LogP contribution in [0.2, 0.25) is 0 Å². The lowest BCUT2D eigenvalue weighted by molar-refractivity contribution is -0.0377. The molecule has 2 fully saturated rings. The number of unbranched alkanes of at least 4 members (excludes halogenated alkanes) is 2. The molecule has 0 radical (unpaired) electrons. The van der Waals surface area contributed by atoms with Crippen molar-refractivity contribution >= 4 is 0 Å². The summed E-state index contributed by atoms with van der Waals surface area (Å²) in [6.07, 6.45) is 2.82. The van der Waals surface area contributed by atoms with E-state index in [2.05, 4.69) is 6.92 Å². The van der Waals surface area contributed by atoms with Gasteiger partial charge in [-0.1, -0.05) is 19.8 Å². The first kappa shape index (κ1) is 11.3. The minimum Gasteiger partial charge on any atom is -0.388 e. The van der Waals surface area contributed by atoms with Crippen LogP contribution in [0.3, 0.4) is 0 Å². The van der Waals surface area contributed by atoms with E-state index in [1.54, 1.807) is 0 Å². The second-order valence-electron chi connectivity index (χ2n) is 4.28. The fourth-order valence-corrected chi connectivity index (χ4v) is 2.17. The maximum atomic E-state index is 9.52. The first-order valence-corrected chi connectivity index (χ1v) is 5.85.